The number of nitrogens with zero attached hydrogens (tertiary/aromatic N) is 2. The minimum Gasteiger partial charge on any atom is -0.338 e. The fraction of sp³-hybridized carbons (Fsp3) is 0.296. The molecule has 0 aliphatic carbocycles. The van der Waals surface area contributed by atoms with Gasteiger partial charge in [-0.2, -0.15) is 8.42 Å². The van der Waals surface area contributed by atoms with Crippen LogP contribution in [-0.2, 0) is 10.1 Å². The standard InChI is InChI=1S/C27H30N2O3S/c1-19(2)22-13-10-14-23(20(3)4)27(22)28-17-25(21-11-6-5-7-12-21)29(18-28)24-15-8-9-16-26(24)33(30,31)32/h5-16,19-20,25H,17H2,1-4H3,(H,30,31,32)/t25-/m1/s1. The highest BCUT2D eigenvalue weighted by atomic mass is 32.2. The minimum absolute atomic E-state index is 0.124. The van der Waals surface area contributed by atoms with Crippen molar-refractivity contribution in [1.82, 2.24) is 0 Å². The zero-order chi connectivity index (χ0) is 23.8. The molecule has 0 spiro atoms. The summed E-state index contributed by atoms with van der Waals surface area (Å²) in [6.45, 7) is 12.8. The Bertz CT molecular complexity index is 1200. The van der Waals surface area contributed by atoms with Gasteiger partial charge in [0, 0.05) is 12.2 Å². The first-order valence-corrected chi connectivity index (χ1v) is 12.7. The molecular formula is C27H30N2O3S. The topological polar surface area (TPSA) is 60.9 Å². The molecule has 0 aromatic heterocycles. The van der Waals surface area contributed by atoms with Gasteiger partial charge in [-0.25, -0.2) is 0 Å². The van der Waals surface area contributed by atoms with Crippen molar-refractivity contribution >= 4 is 21.5 Å². The van der Waals surface area contributed by atoms with E-state index in [9.17, 15) is 13.0 Å². The predicted molar refractivity (Wildman–Crippen MR) is 133 cm³/mol. The summed E-state index contributed by atoms with van der Waals surface area (Å²) in [5.41, 5.74) is 5.03. The summed E-state index contributed by atoms with van der Waals surface area (Å²) in [6.07, 6.45) is 0. The highest BCUT2D eigenvalue weighted by Crippen LogP contribution is 2.44. The molecule has 1 N–H and O–H groups in total. The van der Waals surface area contributed by atoms with Gasteiger partial charge in [0.05, 0.1) is 11.7 Å². The highest BCUT2D eigenvalue weighted by molar-refractivity contribution is 7.86. The van der Waals surface area contributed by atoms with E-state index in [0.717, 1.165) is 11.3 Å². The molecule has 1 heterocycles. The Balaban J connectivity index is 1.87. The highest BCUT2D eigenvalue weighted by Gasteiger charge is 2.37. The van der Waals surface area contributed by atoms with Gasteiger partial charge >= 0.3 is 0 Å². The number of hydrogen-bond acceptors (Lipinski definition) is 4. The number of anilines is 2. The number of para-hydroxylation sites is 2. The van der Waals surface area contributed by atoms with E-state index >= 15 is 0 Å². The van der Waals surface area contributed by atoms with Crippen molar-refractivity contribution in [3.63, 3.8) is 0 Å². The smallest absolute Gasteiger partial charge is 0.296 e. The quantitative estimate of drug-likeness (QED) is 0.439. The third-order valence-electron chi connectivity index (χ3n) is 6.10. The molecule has 4 rings (SSSR count). The molecule has 1 atom stereocenters. The SMILES string of the molecule is CC(C)c1cccc(C(C)C)c1N1[C]N(c2ccccc2S(=O)(=O)O)[C@@H](c2ccccc2)C1. The van der Waals surface area contributed by atoms with Crippen LogP contribution in [0, 0.1) is 6.67 Å². The van der Waals surface area contributed by atoms with Gasteiger partial charge in [-0.1, -0.05) is 88.4 Å². The van der Waals surface area contributed by atoms with E-state index in [4.69, 9.17) is 0 Å². The van der Waals surface area contributed by atoms with Crippen molar-refractivity contribution in [2.45, 2.75) is 50.5 Å². The molecule has 0 unspecified atom stereocenters. The van der Waals surface area contributed by atoms with Crippen LogP contribution < -0.4 is 9.80 Å². The van der Waals surface area contributed by atoms with E-state index in [2.05, 4.69) is 57.5 Å². The molecule has 3 aromatic rings. The Morgan fingerprint density at radius 1 is 0.848 bits per heavy atom. The molecule has 0 amide bonds. The van der Waals surface area contributed by atoms with Crippen molar-refractivity contribution in [3.8, 4) is 0 Å². The average molecular weight is 463 g/mol. The van der Waals surface area contributed by atoms with Crippen molar-refractivity contribution in [3.05, 3.63) is 96.2 Å². The van der Waals surface area contributed by atoms with Gasteiger partial charge < -0.3 is 9.80 Å². The number of hydrogen-bond donors (Lipinski definition) is 1. The molecular weight excluding hydrogens is 432 g/mol. The Morgan fingerprint density at radius 3 is 2.00 bits per heavy atom. The molecule has 1 aliphatic rings. The third-order valence-corrected chi connectivity index (χ3v) is 7.00. The fourth-order valence-corrected chi connectivity index (χ4v) is 5.17. The van der Waals surface area contributed by atoms with E-state index in [1.165, 1.54) is 17.2 Å². The van der Waals surface area contributed by atoms with Gasteiger partial charge in [0.1, 0.15) is 4.90 Å². The zero-order valence-corrected chi connectivity index (χ0v) is 20.3. The van der Waals surface area contributed by atoms with E-state index < -0.39 is 10.1 Å². The van der Waals surface area contributed by atoms with Crippen LogP contribution in [0.3, 0.4) is 0 Å². The molecule has 1 saturated heterocycles. The first-order chi connectivity index (χ1) is 15.7. The minimum atomic E-state index is -4.40. The summed E-state index contributed by atoms with van der Waals surface area (Å²) in [5, 5.41) is 0. The van der Waals surface area contributed by atoms with Crippen molar-refractivity contribution in [2.24, 2.45) is 0 Å². The van der Waals surface area contributed by atoms with Crippen LogP contribution in [0.5, 0.6) is 0 Å². The van der Waals surface area contributed by atoms with Crippen LogP contribution in [0.2, 0.25) is 0 Å². The van der Waals surface area contributed by atoms with Crippen LogP contribution in [0.25, 0.3) is 0 Å². The van der Waals surface area contributed by atoms with Crippen molar-refractivity contribution in [1.29, 1.82) is 0 Å². The normalized spacial score (nSPS) is 16.8. The molecule has 0 bridgehead atoms. The second-order valence-corrected chi connectivity index (χ2v) is 10.4. The van der Waals surface area contributed by atoms with E-state index in [-0.39, 0.29) is 10.9 Å². The van der Waals surface area contributed by atoms with Gasteiger partial charge in [0.15, 0.2) is 0 Å². The largest absolute Gasteiger partial charge is 0.338 e. The van der Waals surface area contributed by atoms with Crippen LogP contribution in [0.1, 0.15) is 62.3 Å². The lowest BCUT2D eigenvalue weighted by Crippen LogP contribution is -2.23. The van der Waals surface area contributed by atoms with Crippen molar-refractivity contribution in [2.75, 3.05) is 16.3 Å². The molecule has 0 saturated carbocycles. The molecule has 33 heavy (non-hydrogen) atoms. The summed E-state index contributed by atoms with van der Waals surface area (Å²) in [4.78, 5) is 3.84. The maximum Gasteiger partial charge on any atom is 0.296 e. The summed E-state index contributed by atoms with van der Waals surface area (Å²) >= 11 is 0. The summed E-state index contributed by atoms with van der Waals surface area (Å²) in [7, 11) is -4.40. The molecule has 1 aliphatic heterocycles. The molecule has 2 radical (unpaired) electrons. The summed E-state index contributed by atoms with van der Waals surface area (Å²) in [5.74, 6) is 0.629. The first kappa shape index (κ1) is 23.3. The van der Waals surface area contributed by atoms with E-state index in [1.54, 1.807) is 18.2 Å². The summed E-state index contributed by atoms with van der Waals surface area (Å²) in [6, 6.07) is 22.8. The van der Waals surface area contributed by atoms with Crippen LogP contribution >= 0.6 is 0 Å². The fourth-order valence-electron chi connectivity index (χ4n) is 4.49. The second kappa shape index (κ2) is 9.20. The van der Waals surface area contributed by atoms with E-state index in [1.807, 2.05) is 35.2 Å². The van der Waals surface area contributed by atoms with E-state index in [0.29, 0.717) is 24.1 Å². The maximum absolute atomic E-state index is 12.2. The summed E-state index contributed by atoms with van der Waals surface area (Å²) < 4.78 is 34.3. The van der Waals surface area contributed by atoms with Gasteiger partial charge in [-0.3, -0.25) is 4.55 Å². The monoisotopic (exact) mass is 462 g/mol. The lowest BCUT2D eigenvalue weighted by molar-refractivity contribution is 0.483. The number of benzene rings is 3. The molecule has 172 valence electrons. The van der Waals surface area contributed by atoms with Gasteiger partial charge in [-0.05, 0) is 40.7 Å². The average Bonchev–Trinajstić information content (AvgIpc) is 3.23. The van der Waals surface area contributed by atoms with Crippen molar-refractivity contribution < 1.29 is 13.0 Å². The predicted octanol–water partition coefficient (Wildman–Crippen LogP) is 6.24. The van der Waals surface area contributed by atoms with Crippen LogP contribution in [-0.4, -0.2) is 19.5 Å². The van der Waals surface area contributed by atoms with Gasteiger partial charge in [-0.15, -0.1) is 0 Å². The van der Waals surface area contributed by atoms with Crippen LogP contribution in [0.15, 0.2) is 77.7 Å². The van der Waals surface area contributed by atoms with Gasteiger partial charge in [0.2, 0.25) is 6.67 Å². The lowest BCUT2D eigenvalue weighted by Gasteiger charge is -2.27. The molecule has 5 nitrogen and oxygen atoms in total. The molecule has 1 fully saturated rings. The molecule has 3 aromatic carbocycles. The Kier molecular flexibility index (Phi) is 6.50. The maximum atomic E-state index is 12.2. The Labute approximate surface area is 197 Å². The zero-order valence-electron chi connectivity index (χ0n) is 19.4. The lowest BCUT2D eigenvalue weighted by atomic mass is 9.92. The van der Waals surface area contributed by atoms with Crippen LogP contribution in [0.4, 0.5) is 11.4 Å². The Hall–Kier alpha value is -2.83. The number of rotatable bonds is 6. The third kappa shape index (κ3) is 4.63. The molecule has 6 heteroatoms. The van der Waals surface area contributed by atoms with Gasteiger partial charge in [0.25, 0.3) is 10.1 Å². The first-order valence-electron chi connectivity index (χ1n) is 11.3. The second-order valence-electron chi connectivity index (χ2n) is 9.04. The Morgan fingerprint density at radius 2 is 1.42 bits per heavy atom.